The second-order valence-corrected chi connectivity index (χ2v) is 9.37. The van der Waals surface area contributed by atoms with E-state index in [9.17, 15) is 9.59 Å². The minimum absolute atomic E-state index is 0.0958. The lowest BCUT2D eigenvalue weighted by Gasteiger charge is -2.34. The summed E-state index contributed by atoms with van der Waals surface area (Å²) in [4.78, 5) is 26.2. The monoisotopic (exact) mass is 465 g/mol. The maximum Gasteiger partial charge on any atom is 0.308 e. The molecule has 0 amide bonds. The van der Waals surface area contributed by atoms with Crippen molar-refractivity contribution in [2.24, 2.45) is 5.92 Å². The van der Waals surface area contributed by atoms with Crippen LogP contribution in [0.4, 0.5) is 0 Å². The van der Waals surface area contributed by atoms with Crippen LogP contribution in [0.3, 0.4) is 0 Å². The van der Waals surface area contributed by atoms with Gasteiger partial charge in [0.05, 0.1) is 6.54 Å². The molecule has 5 nitrogen and oxygen atoms in total. The van der Waals surface area contributed by atoms with Crippen LogP contribution in [-0.2, 0) is 16.0 Å². The highest BCUT2D eigenvalue weighted by Gasteiger charge is 2.33. The van der Waals surface area contributed by atoms with Crippen molar-refractivity contribution in [2.75, 3.05) is 20.1 Å². The highest BCUT2D eigenvalue weighted by Crippen LogP contribution is 2.47. The summed E-state index contributed by atoms with van der Waals surface area (Å²) < 4.78 is 11.4. The molecule has 5 heteroatoms. The van der Waals surface area contributed by atoms with Gasteiger partial charge in [0.15, 0.2) is 0 Å². The normalized spacial score (nSPS) is 17.6. The first-order valence-corrected chi connectivity index (χ1v) is 12.2. The Morgan fingerprint density at radius 2 is 1.79 bits per heavy atom. The van der Waals surface area contributed by atoms with Gasteiger partial charge < -0.3 is 9.47 Å². The Morgan fingerprint density at radius 3 is 2.32 bits per heavy atom. The van der Waals surface area contributed by atoms with E-state index in [4.69, 9.17) is 15.9 Å². The van der Waals surface area contributed by atoms with Crippen LogP contribution in [0, 0.1) is 18.3 Å². The smallest absolute Gasteiger partial charge is 0.308 e. The molecule has 1 aliphatic rings. The summed E-state index contributed by atoms with van der Waals surface area (Å²) >= 11 is 0. The van der Waals surface area contributed by atoms with Gasteiger partial charge in [-0.1, -0.05) is 49.5 Å². The van der Waals surface area contributed by atoms with Gasteiger partial charge in [-0.3, -0.25) is 14.5 Å². The molecule has 0 aliphatic heterocycles. The fourth-order valence-electron chi connectivity index (χ4n) is 4.67. The lowest BCUT2D eigenvalue weighted by molar-refractivity contribution is -0.132. The molecule has 0 N–H and O–H groups in total. The molecule has 0 aromatic heterocycles. The number of benzene rings is 1. The number of carbonyl (C=O) groups is 2. The summed E-state index contributed by atoms with van der Waals surface area (Å²) in [6, 6.07) is 3.86. The van der Waals surface area contributed by atoms with Crippen LogP contribution < -0.4 is 9.47 Å². The summed E-state index contributed by atoms with van der Waals surface area (Å²) in [7, 11) is 1.98. The predicted molar refractivity (Wildman–Crippen MR) is 137 cm³/mol. The maximum atomic E-state index is 12.1. The molecular formula is C29H39NO4. The molecule has 0 bridgehead atoms. The molecule has 1 aliphatic carbocycles. The van der Waals surface area contributed by atoms with Crippen LogP contribution in [0.15, 0.2) is 35.9 Å². The minimum atomic E-state index is -0.402. The Morgan fingerprint density at radius 1 is 1.18 bits per heavy atom. The van der Waals surface area contributed by atoms with Crippen LogP contribution in [0.1, 0.15) is 76.8 Å². The average molecular weight is 466 g/mol. The highest BCUT2D eigenvalue weighted by molar-refractivity contribution is 5.73. The Labute approximate surface area is 205 Å². The number of carbonyl (C=O) groups excluding carboxylic acids is 2. The largest absolute Gasteiger partial charge is 0.426 e. The Kier molecular flexibility index (Phi) is 10.6. The number of unbranched alkanes of at least 4 members (excludes halogenated alkanes) is 2. The average Bonchev–Trinajstić information content (AvgIpc) is 2.73. The molecule has 0 saturated carbocycles. The van der Waals surface area contributed by atoms with Gasteiger partial charge in [-0.2, -0.15) is 0 Å². The number of likely N-dealkylation sites (N-methyl/N-ethyl adjacent to an activating group) is 1. The number of allylic oxidation sites excluding steroid dienone is 2. The van der Waals surface area contributed by atoms with E-state index in [1.807, 2.05) is 19.2 Å². The van der Waals surface area contributed by atoms with Crippen LogP contribution in [0.25, 0.3) is 0 Å². The molecule has 184 valence electrons. The molecule has 0 fully saturated rings. The van der Waals surface area contributed by atoms with E-state index < -0.39 is 11.9 Å². The number of nitrogens with zero attached hydrogens (tertiary/aromatic N) is 1. The molecule has 0 spiro atoms. The maximum absolute atomic E-state index is 12.1. The van der Waals surface area contributed by atoms with Crippen molar-refractivity contribution in [1.29, 1.82) is 0 Å². The van der Waals surface area contributed by atoms with Crippen molar-refractivity contribution in [3.8, 4) is 23.8 Å². The van der Waals surface area contributed by atoms with E-state index in [-0.39, 0.29) is 11.8 Å². The molecule has 0 saturated heterocycles. The van der Waals surface area contributed by atoms with E-state index in [1.54, 1.807) is 0 Å². The zero-order valence-corrected chi connectivity index (χ0v) is 21.4. The molecule has 1 aromatic rings. The summed E-state index contributed by atoms with van der Waals surface area (Å²) in [5.41, 5.74) is 4.03. The van der Waals surface area contributed by atoms with Gasteiger partial charge in [0.1, 0.15) is 11.5 Å². The van der Waals surface area contributed by atoms with Gasteiger partial charge in [0.25, 0.3) is 0 Å². The second-order valence-electron chi connectivity index (χ2n) is 9.37. The van der Waals surface area contributed by atoms with E-state index in [2.05, 4.69) is 37.3 Å². The molecule has 2 rings (SSSR count). The van der Waals surface area contributed by atoms with Gasteiger partial charge in [0, 0.05) is 31.9 Å². The summed E-state index contributed by atoms with van der Waals surface area (Å²) in [6.45, 7) is 12.6. The van der Waals surface area contributed by atoms with Gasteiger partial charge in [-0.05, 0) is 63.3 Å². The summed E-state index contributed by atoms with van der Waals surface area (Å²) in [6.07, 6.45) is 13.6. The van der Waals surface area contributed by atoms with Crippen LogP contribution in [-0.4, -0.2) is 37.0 Å². The molecule has 0 heterocycles. The van der Waals surface area contributed by atoms with Crippen molar-refractivity contribution in [3.63, 3.8) is 0 Å². The van der Waals surface area contributed by atoms with Crippen molar-refractivity contribution in [1.82, 2.24) is 4.90 Å². The highest BCUT2D eigenvalue weighted by atomic mass is 16.5. The molecule has 1 unspecified atom stereocenters. The zero-order chi connectivity index (χ0) is 25.3. The van der Waals surface area contributed by atoms with Crippen LogP contribution in [0.2, 0.25) is 0 Å². The SMILES string of the molecule is C#CCN(C)CC(=C)[C@@H]1CCC(C)=CC1c1c(OC(C)=O)cc(CCCCC)cc1OC(C)=O. The number of hydrogen-bond donors (Lipinski definition) is 0. The van der Waals surface area contributed by atoms with E-state index in [1.165, 1.54) is 19.4 Å². The molecule has 2 atom stereocenters. The minimum Gasteiger partial charge on any atom is -0.426 e. The third-order valence-corrected chi connectivity index (χ3v) is 6.18. The van der Waals surface area contributed by atoms with Crippen molar-refractivity contribution in [3.05, 3.63) is 47.1 Å². The standard InChI is InChI=1S/C29H39NO4/c1-8-10-11-12-24-17-27(33-22(5)31)29(28(18-24)34-23(6)32)26-16-20(3)13-14-25(26)21(4)19-30(7)15-9-2/h2,16-18,25-26H,4,8,10-15,19H2,1,3,5-7H3/t25-,26?/m0/s1. The van der Waals surface area contributed by atoms with E-state index in [0.29, 0.717) is 24.6 Å². The molecule has 1 aromatic carbocycles. The van der Waals surface area contributed by atoms with Crippen LogP contribution >= 0.6 is 0 Å². The number of hydrogen-bond acceptors (Lipinski definition) is 5. The Hall–Kier alpha value is -2.84. The van der Waals surface area contributed by atoms with Gasteiger partial charge in [-0.25, -0.2) is 0 Å². The lowest BCUT2D eigenvalue weighted by atomic mass is 9.73. The molecule has 34 heavy (non-hydrogen) atoms. The van der Waals surface area contributed by atoms with Gasteiger partial charge in [0.2, 0.25) is 0 Å². The summed E-state index contributed by atoms with van der Waals surface area (Å²) in [5.74, 6) is 2.76. The third kappa shape index (κ3) is 7.88. The number of esters is 2. The lowest BCUT2D eigenvalue weighted by Crippen LogP contribution is -2.28. The van der Waals surface area contributed by atoms with Gasteiger partial charge >= 0.3 is 11.9 Å². The van der Waals surface area contributed by atoms with E-state index in [0.717, 1.165) is 55.2 Å². The topological polar surface area (TPSA) is 55.8 Å². The van der Waals surface area contributed by atoms with E-state index >= 15 is 0 Å². The fourth-order valence-corrected chi connectivity index (χ4v) is 4.67. The third-order valence-electron chi connectivity index (χ3n) is 6.18. The quantitative estimate of drug-likeness (QED) is 0.135. The second kappa shape index (κ2) is 13.2. The number of aryl methyl sites for hydroxylation is 1. The first-order chi connectivity index (χ1) is 16.2. The summed E-state index contributed by atoms with van der Waals surface area (Å²) in [5, 5.41) is 0. The molecular weight excluding hydrogens is 426 g/mol. The predicted octanol–water partition coefficient (Wildman–Crippen LogP) is 5.83. The number of ether oxygens (including phenoxy) is 2. The van der Waals surface area contributed by atoms with Gasteiger partial charge in [-0.15, -0.1) is 6.42 Å². The van der Waals surface area contributed by atoms with Crippen molar-refractivity contribution >= 4 is 11.9 Å². The Bertz CT molecular complexity index is 932. The Balaban J connectivity index is 2.60. The van der Waals surface area contributed by atoms with Crippen molar-refractivity contribution in [2.45, 2.75) is 72.1 Å². The molecule has 0 radical (unpaired) electrons. The first-order valence-electron chi connectivity index (χ1n) is 12.2. The van der Waals surface area contributed by atoms with Crippen molar-refractivity contribution < 1.29 is 19.1 Å². The van der Waals surface area contributed by atoms with Crippen LogP contribution in [0.5, 0.6) is 11.5 Å². The number of terminal acetylenes is 1. The first kappa shape index (κ1) is 27.4. The number of rotatable bonds is 11. The fraction of sp³-hybridized carbons (Fsp3) is 0.517. The zero-order valence-electron chi connectivity index (χ0n) is 21.4.